The van der Waals surface area contributed by atoms with E-state index >= 15 is 0 Å². The molecule has 1 fully saturated rings. The number of thioether (sulfide) groups is 1. The molecule has 2 heterocycles. The molecule has 0 radical (unpaired) electrons. The molecular formula is C11H10ClN3OS2. The zero-order valence-electron chi connectivity index (χ0n) is 9.35. The van der Waals surface area contributed by atoms with Crippen LogP contribution in [0.2, 0.25) is 4.34 Å². The van der Waals surface area contributed by atoms with Gasteiger partial charge in [0.25, 0.3) is 0 Å². The van der Waals surface area contributed by atoms with Gasteiger partial charge in [-0.1, -0.05) is 23.4 Å². The lowest BCUT2D eigenvalue weighted by molar-refractivity contribution is 0.102. The summed E-state index contributed by atoms with van der Waals surface area (Å²) in [7, 11) is 0. The van der Waals surface area contributed by atoms with E-state index in [-0.39, 0.29) is 5.78 Å². The van der Waals surface area contributed by atoms with Gasteiger partial charge in [0.05, 0.1) is 15.0 Å². The van der Waals surface area contributed by atoms with Crippen LogP contribution in [-0.4, -0.2) is 26.7 Å². The Kier molecular flexibility index (Phi) is 3.41. The molecule has 0 unspecified atom stereocenters. The molecule has 2 aromatic heterocycles. The fourth-order valence-electron chi connectivity index (χ4n) is 1.53. The van der Waals surface area contributed by atoms with Crippen LogP contribution in [0.3, 0.4) is 0 Å². The highest BCUT2D eigenvalue weighted by atomic mass is 35.5. The molecule has 7 heteroatoms. The molecule has 0 atom stereocenters. The van der Waals surface area contributed by atoms with Crippen molar-refractivity contribution in [3.63, 3.8) is 0 Å². The molecule has 3 rings (SSSR count). The van der Waals surface area contributed by atoms with Crippen molar-refractivity contribution in [1.82, 2.24) is 15.2 Å². The van der Waals surface area contributed by atoms with E-state index in [1.165, 1.54) is 35.9 Å². The van der Waals surface area contributed by atoms with E-state index in [2.05, 4.69) is 15.2 Å². The number of halogens is 1. The van der Waals surface area contributed by atoms with Crippen molar-refractivity contribution in [2.45, 2.75) is 23.9 Å². The molecule has 4 nitrogen and oxygen atoms in total. The molecular weight excluding hydrogens is 290 g/mol. The van der Waals surface area contributed by atoms with E-state index in [0.29, 0.717) is 26.0 Å². The van der Waals surface area contributed by atoms with Crippen LogP contribution in [-0.2, 0) is 0 Å². The number of rotatable bonds is 5. The Bertz CT molecular complexity index is 576. The van der Waals surface area contributed by atoms with Gasteiger partial charge in [0.2, 0.25) is 5.16 Å². The first-order chi connectivity index (χ1) is 8.72. The average molecular weight is 300 g/mol. The minimum atomic E-state index is 0.0645. The average Bonchev–Trinajstić information content (AvgIpc) is 2.95. The molecule has 1 aliphatic rings. The lowest BCUT2D eigenvalue weighted by atomic mass is 10.4. The summed E-state index contributed by atoms with van der Waals surface area (Å²) in [6, 6.07) is 3.49. The molecule has 0 aromatic carbocycles. The first kappa shape index (κ1) is 12.2. The second kappa shape index (κ2) is 5.03. The van der Waals surface area contributed by atoms with Gasteiger partial charge < -0.3 is 0 Å². The van der Waals surface area contributed by atoms with E-state index in [9.17, 15) is 4.79 Å². The number of carbonyl (C=O) groups excluding carboxylic acids is 1. The standard InChI is InChI=1S/C11H10ClN3OS2/c12-9-4-3-8(18-9)7(16)5-17-11-13-10(14-15-11)6-1-2-6/h3-4,6H,1-2,5H2,(H,13,14,15). The van der Waals surface area contributed by atoms with Gasteiger partial charge in [0.1, 0.15) is 5.82 Å². The van der Waals surface area contributed by atoms with Crippen molar-refractivity contribution < 1.29 is 4.79 Å². The maximum atomic E-state index is 11.8. The van der Waals surface area contributed by atoms with Crippen molar-refractivity contribution in [3.05, 3.63) is 27.2 Å². The molecule has 94 valence electrons. The molecule has 18 heavy (non-hydrogen) atoms. The van der Waals surface area contributed by atoms with E-state index < -0.39 is 0 Å². The molecule has 1 aliphatic carbocycles. The fraction of sp³-hybridized carbons (Fsp3) is 0.364. The summed E-state index contributed by atoms with van der Waals surface area (Å²) in [6.07, 6.45) is 2.37. The fourth-order valence-corrected chi connectivity index (χ4v) is 3.29. The van der Waals surface area contributed by atoms with Crippen LogP contribution in [0.5, 0.6) is 0 Å². The van der Waals surface area contributed by atoms with Crippen LogP contribution < -0.4 is 0 Å². The minimum Gasteiger partial charge on any atom is -0.292 e. The van der Waals surface area contributed by atoms with Crippen molar-refractivity contribution in [2.75, 3.05) is 5.75 Å². The van der Waals surface area contributed by atoms with Gasteiger partial charge in [-0.15, -0.1) is 16.4 Å². The Morgan fingerprint density at radius 2 is 2.39 bits per heavy atom. The summed E-state index contributed by atoms with van der Waals surface area (Å²) < 4.78 is 0.636. The summed E-state index contributed by atoms with van der Waals surface area (Å²) in [5.41, 5.74) is 0. The smallest absolute Gasteiger partial charge is 0.208 e. The zero-order chi connectivity index (χ0) is 12.5. The van der Waals surface area contributed by atoms with Crippen molar-refractivity contribution in [2.24, 2.45) is 0 Å². The molecule has 2 aromatic rings. The third kappa shape index (κ3) is 2.76. The molecule has 0 aliphatic heterocycles. The SMILES string of the molecule is O=C(CSc1n[nH]c(C2CC2)n1)c1ccc(Cl)s1. The normalized spacial score (nSPS) is 14.9. The number of thiophene rings is 1. The molecule has 0 amide bonds. The van der Waals surface area contributed by atoms with Crippen LogP contribution in [0.4, 0.5) is 0 Å². The molecule has 1 saturated carbocycles. The second-order valence-corrected chi connectivity index (χ2v) is 6.75. The Balaban J connectivity index is 1.58. The number of nitrogens with zero attached hydrogens (tertiary/aromatic N) is 2. The number of carbonyl (C=O) groups is 1. The Morgan fingerprint density at radius 3 is 3.06 bits per heavy atom. The summed E-state index contributed by atoms with van der Waals surface area (Å²) in [6.45, 7) is 0. The highest BCUT2D eigenvalue weighted by molar-refractivity contribution is 7.99. The first-order valence-electron chi connectivity index (χ1n) is 5.56. The summed E-state index contributed by atoms with van der Waals surface area (Å²) in [5.74, 6) is 1.91. The Labute approximate surface area is 117 Å². The number of ketones is 1. The quantitative estimate of drug-likeness (QED) is 0.679. The number of H-pyrrole nitrogens is 1. The lowest BCUT2D eigenvalue weighted by Crippen LogP contribution is -1.99. The summed E-state index contributed by atoms with van der Waals surface area (Å²) in [4.78, 5) is 16.9. The van der Waals surface area contributed by atoms with Crippen molar-refractivity contribution in [3.8, 4) is 0 Å². The van der Waals surface area contributed by atoms with Crippen LogP contribution in [0.1, 0.15) is 34.3 Å². The lowest BCUT2D eigenvalue weighted by Gasteiger charge is -1.94. The zero-order valence-corrected chi connectivity index (χ0v) is 11.7. The highest BCUT2D eigenvalue weighted by Crippen LogP contribution is 2.38. The number of hydrogen-bond donors (Lipinski definition) is 1. The van der Waals surface area contributed by atoms with Gasteiger partial charge >= 0.3 is 0 Å². The topological polar surface area (TPSA) is 58.6 Å². The van der Waals surface area contributed by atoms with Crippen LogP contribution >= 0.6 is 34.7 Å². The maximum Gasteiger partial charge on any atom is 0.208 e. The third-order valence-electron chi connectivity index (χ3n) is 2.63. The number of hydrogen-bond acceptors (Lipinski definition) is 5. The third-order valence-corrected chi connectivity index (χ3v) is 4.75. The maximum absolute atomic E-state index is 11.8. The predicted octanol–water partition coefficient (Wildman–Crippen LogP) is 3.37. The van der Waals surface area contributed by atoms with Gasteiger partial charge in [-0.3, -0.25) is 9.89 Å². The molecule has 0 bridgehead atoms. The van der Waals surface area contributed by atoms with Gasteiger partial charge in [-0.25, -0.2) is 4.98 Å². The van der Waals surface area contributed by atoms with E-state index in [1.54, 1.807) is 12.1 Å². The number of aromatic amines is 1. The first-order valence-corrected chi connectivity index (χ1v) is 7.74. The Morgan fingerprint density at radius 1 is 1.56 bits per heavy atom. The van der Waals surface area contributed by atoms with Crippen LogP contribution in [0, 0.1) is 0 Å². The van der Waals surface area contributed by atoms with Gasteiger partial charge in [-0.2, -0.15) is 0 Å². The predicted molar refractivity (Wildman–Crippen MR) is 72.7 cm³/mol. The second-order valence-electron chi connectivity index (χ2n) is 4.09. The highest BCUT2D eigenvalue weighted by Gasteiger charge is 2.27. The van der Waals surface area contributed by atoms with Crippen LogP contribution in [0.15, 0.2) is 17.3 Å². The Hall–Kier alpha value is -0.850. The molecule has 1 N–H and O–H groups in total. The largest absolute Gasteiger partial charge is 0.292 e. The monoisotopic (exact) mass is 299 g/mol. The van der Waals surface area contributed by atoms with Crippen molar-refractivity contribution >= 4 is 40.5 Å². The van der Waals surface area contributed by atoms with Gasteiger partial charge in [-0.05, 0) is 25.0 Å². The van der Waals surface area contributed by atoms with Gasteiger partial charge in [0, 0.05) is 5.92 Å². The summed E-state index contributed by atoms with van der Waals surface area (Å²) in [5, 5.41) is 7.67. The molecule has 0 saturated heterocycles. The minimum absolute atomic E-state index is 0.0645. The van der Waals surface area contributed by atoms with Gasteiger partial charge in [0.15, 0.2) is 5.78 Å². The van der Waals surface area contributed by atoms with Crippen LogP contribution in [0.25, 0.3) is 0 Å². The summed E-state index contributed by atoms with van der Waals surface area (Å²) >= 11 is 8.46. The van der Waals surface area contributed by atoms with Crippen molar-refractivity contribution in [1.29, 1.82) is 0 Å². The van der Waals surface area contributed by atoms with E-state index in [0.717, 1.165) is 5.82 Å². The number of Topliss-reactive ketones (excluding diaryl/α,β-unsaturated/α-hetero) is 1. The number of nitrogens with one attached hydrogen (secondary N) is 1. The van der Waals surface area contributed by atoms with E-state index in [4.69, 9.17) is 11.6 Å². The molecule has 0 spiro atoms. The number of aromatic nitrogens is 3. The van der Waals surface area contributed by atoms with E-state index in [1.807, 2.05) is 0 Å².